The van der Waals surface area contributed by atoms with Gasteiger partial charge in [-0.25, -0.2) is 4.79 Å². The Bertz CT molecular complexity index is 1090. The number of benzene rings is 2. The van der Waals surface area contributed by atoms with Crippen LogP contribution in [0.1, 0.15) is 44.2 Å². The summed E-state index contributed by atoms with van der Waals surface area (Å²) in [5, 5.41) is 19.1. The van der Waals surface area contributed by atoms with Gasteiger partial charge in [0.05, 0.1) is 11.0 Å². The molecule has 8 heteroatoms. The van der Waals surface area contributed by atoms with E-state index in [-0.39, 0.29) is 18.3 Å². The molecule has 1 aliphatic rings. The number of nitrogens with one attached hydrogen (secondary N) is 1. The average Bonchev–Trinajstić information content (AvgIpc) is 3.16. The highest BCUT2D eigenvalue weighted by Crippen LogP contribution is 2.25. The average molecular weight is 490 g/mol. The van der Waals surface area contributed by atoms with Crippen LogP contribution in [0.4, 0.5) is 0 Å². The molecule has 2 aromatic carbocycles. The van der Waals surface area contributed by atoms with Crippen molar-refractivity contribution in [1.29, 1.82) is 0 Å². The van der Waals surface area contributed by atoms with Crippen molar-refractivity contribution < 1.29 is 14.9 Å². The monoisotopic (exact) mass is 489 g/mol. The number of H-pyrrole nitrogens is 1. The van der Waals surface area contributed by atoms with Crippen LogP contribution in [-0.4, -0.2) is 63.6 Å². The molecular formula is C26H36ClN3O4. The number of aromatic amines is 1. The van der Waals surface area contributed by atoms with Gasteiger partial charge in [-0.05, 0) is 62.1 Å². The molecule has 1 fully saturated rings. The number of aliphatic hydroxyl groups is 2. The van der Waals surface area contributed by atoms with E-state index in [0.717, 1.165) is 61.1 Å². The summed E-state index contributed by atoms with van der Waals surface area (Å²) >= 11 is 5.96. The van der Waals surface area contributed by atoms with Crippen molar-refractivity contribution in [2.75, 3.05) is 32.8 Å². The van der Waals surface area contributed by atoms with E-state index in [1.54, 1.807) is 6.07 Å². The zero-order valence-corrected chi connectivity index (χ0v) is 20.8. The lowest BCUT2D eigenvalue weighted by Crippen LogP contribution is -2.42. The van der Waals surface area contributed by atoms with Crippen LogP contribution >= 0.6 is 11.6 Å². The summed E-state index contributed by atoms with van der Waals surface area (Å²) in [4.78, 5) is 17.6. The molecule has 3 aromatic rings. The van der Waals surface area contributed by atoms with Gasteiger partial charge in [0, 0.05) is 37.3 Å². The zero-order chi connectivity index (χ0) is 24.5. The van der Waals surface area contributed by atoms with Crippen molar-refractivity contribution in [2.45, 2.75) is 51.7 Å². The molecule has 3 N–H and O–H groups in total. The van der Waals surface area contributed by atoms with Crippen molar-refractivity contribution in [3.63, 3.8) is 0 Å². The zero-order valence-electron chi connectivity index (χ0n) is 20.0. The van der Waals surface area contributed by atoms with E-state index in [1.807, 2.05) is 47.9 Å². The van der Waals surface area contributed by atoms with Gasteiger partial charge in [-0.1, -0.05) is 37.1 Å². The molecule has 1 aliphatic heterocycles. The second-order valence-electron chi connectivity index (χ2n) is 8.80. The number of halogens is 1. The summed E-state index contributed by atoms with van der Waals surface area (Å²) in [7, 11) is 0. The first-order chi connectivity index (χ1) is 16.4. The number of para-hydroxylation sites is 2. The molecule has 34 heavy (non-hydrogen) atoms. The van der Waals surface area contributed by atoms with Gasteiger partial charge in [0.15, 0.2) is 0 Å². The fourth-order valence-electron chi connectivity index (χ4n) is 4.27. The summed E-state index contributed by atoms with van der Waals surface area (Å²) in [6.07, 6.45) is 3.23. The number of imidazole rings is 1. The number of aliphatic hydroxyl groups excluding tert-OH is 2. The summed E-state index contributed by atoms with van der Waals surface area (Å²) < 4.78 is 7.64. The normalized spacial score (nSPS) is 15.7. The molecule has 186 valence electrons. The standard InChI is InChI=1S/C22H26ClN3O3.C4H10O/c1-15-12-16(23)6-7-21(15)29-14-18(27)13-25-10-8-17(9-11-25)26-20-5-3-2-4-19(20)24-22(26)28;1-2-3-4-5/h2-7,12,17-18,27H,8-11,13-14H2,1H3,(H,24,28);5H,2-4H2,1H3. The number of fused-ring (bicyclic) bond motifs is 1. The SMILES string of the molecule is CCCCO.Cc1cc(Cl)ccc1OCC(O)CN1CCC(n2c(=O)[nH]c3ccccc32)CC1. The van der Waals surface area contributed by atoms with Crippen molar-refractivity contribution in [1.82, 2.24) is 14.5 Å². The minimum Gasteiger partial charge on any atom is -0.491 e. The molecule has 0 bridgehead atoms. The molecule has 1 aromatic heterocycles. The Balaban J connectivity index is 0.000000588. The number of aromatic nitrogens is 2. The van der Waals surface area contributed by atoms with Gasteiger partial charge in [0.2, 0.25) is 0 Å². The van der Waals surface area contributed by atoms with E-state index in [0.29, 0.717) is 18.2 Å². The minimum absolute atomic E-state index is 0.0450. The molecule has 1 unspecified atom stereocenters. The maximum Gasteiger partial charge on any atom is 0.326 e. The molecule has 1 saturated heterocycles. The lowest BCUT2D eigenvalue weighted by Gasteiger charge is -2.33. The highest BCUT2D eigenvalue weighted by molar-refractivity contribution is 6.30. The minimum atomic E-state index is -0.572. The van der Waals surface area contributed by atoms with Crippen molar-refractivity contribution >= 4 is 22.6 Å². The van der Waals surface area contributed by atoms with Crippen LogP contribution in [0.25, 0.3) is 11.0 Å². The van der Waals surface area contributed by atoms with E-state index in [4.69, 9.17) is 21.4 Å². The van der Waals surface area contributed by atoms with Gasteiger partial charge in [0.1, 0.15) is 18.5 Å². The largest absolute Gasteiger partial charge is 0.491 e. The number of β-amino-alcohol motifs (C(OH)–C–C–N with tert-alkyl or cyclic N) is 1. The van der Waals surface area contributed by atoms with Gasteiger partial charge in [-0.3, -0.25) is 4.57 Å². The first-order valence-electron chi connectivity index (χ1n) is 12.0. The summed E-state index contributed by atoms with van der Waals surface area (Å²) in [6, 6.07) is 13.4. The molecule has 4 rings (SSSR count). The number of nitrogens with zero attached hydrogens (tertiary/aromatic N) is 2. The molecule has 0 aliphatic carbocycles. The number of hydrogen-bond acceptors (Lipinski definition) is 5. The van der Waals surface area contributed by atoms with Crippen LogP contribution < -0.4 is 10.4 Å². The van der Waals surface area contributed by atoms with Gasteiger partial charge in [-0.2, -0.15) is 0 Å². The number of ether oxygens (including phenoxy) is 1. The van der Waals surface area contributed by atoms with Crippen LogP contribution in [-0.2, 0) is 0 Å². The third kappa shape index (κ3) is 7.09. The highest BCUT2D eigenvalue weighted by atomic mass is 35.5. The van der Waals surface area contributed by atoms with Gasteiger partial charge in [0.25, 0.3) is 0 Å². The lowest BCUT2D eigenvalue weighted by molar-refractivity contribution is 0.0557. The molecule has 0 saturated carbocycles. The second kappa shape index (κ2) is 13.0. The number of hydrogen-bond donors (Lipinski definition) is 3. The maximum atomic E-state index is 12.4. The number of rotatable bonds is 8. The van der Waals surface area contributed by atoms with Crippen LogP contribution in [0.2, 0.25) is 5.02 Å². The summed E-state index contributed by atoms with van der Waals surface area (Å²) in [5.41, 5.74) is 2.75. The number of aryl methyl sites for hydroxylation is 1. The smallest absolute Gasteiger partial charge is 0.326 e. The molecule has 7 nitrogen and oxygen atoms in total. The number of likely N-dealkylation sites (tertiary alicyclic amines) is 1. The molecule has 0 spiro atoms. The Kier molecular flexibility index (Phi) is 10.0. The molecule has 0 amide bonds. The fourth-order valence-corrected chi connectivity index (χ4v) is 4.49. The Labute approximate surface area is 205 Å². The Morgan fingerprint density at radius 1 is 1.21 bits per heavy atom. The van der Waals surface area contributed by atoms with Crippen LogP contribution in [0.15, 0.2) is 47.3 Å². The van der Waals surface area contributed by atoms with Crippen LogP contribution in [0, 0.1) is 6.92 Å². The van der Waals surface area contributed by atoms with E-state index in [2.05, 4.69) is 16.8 Å². The summed E-state index contributed by atoms with van der Waals surface area (Å²) in [5.74, 6) is 0.742. The maximum absolute atomic E-state index is 12.4. The predicted octanol–water partition coefficient (Wildman–Crippen LogP) is 4.15. The number of unbranched alkanes of at least 4 members (excludes halogenated alkanes) is 1. The molecule has 2 heterocycles. The van der Waals surface area contributed by atoms with E-state index >= 15 is 0 Å². The van der Waals surface area contributed by atoms with Gasteiger partial charge < -0.3 is 24.8 Å². The van der Waals surface area contributed by atoms with Gasteiger partial charge in [-0.15, -0.1) is 0 Å². The molecule has 0 radical (unpaired) electrons. The summed E-state index contributed by atoms with van der Waals surface area (Å²) in [6.45, 7) is 6.81. The van der Waals surface area contributed by atoms with Crippen LogP contribution in [0.5, 0.6) is 5.75 Å². The number of piperidine rings is 1. The third-order valence-electron chi connectivity index (χ3n) is 6.10. The third-order valence-corrected chi connectivity index (χ3v) is 6.33. The highest BCUT2D eigenvalue weighted by Gasteiger charge is 2.24. The van der Waals surface area contributed by atoms with E-state index in [9.17, 15) is 9.90 Å². The lowest BCUT2D eigenvalue weighted by atomic mass is 10.0. The topological polar surface area (TPSA) is 90.7 Å². The van der Waals surface area contributed by atoms with E-state index in [1.165, 1.54) is 0 Å². The first-order valence-corrected chi connectivity index (χ1v) is 12.4. The molecule has 1 atom stereocenters. The Morgan fingerprint density at radius 2 is 1.94 bits per heavy atom. The fraction of sp³-hybridized carbons (Fsp3) is 0.500. The van der Waals surface area contributed by atoms with Crippen LogP contribution in [0.3, 0.4) is 0 Å². The van der Waals surface area contributed by atoms with Gasteiger partial charge >= 0.3 is 5.69 Å². The van der Waals surface area contributed by atoms with Crippen molar-refractivity contribution in [3.05, 3.63) is 63.5 Å². The van der Waals surface area contributed by atoms with Crippen molar-refractivity contribution in [3.8, 4) is 5.75 Å². The second-order valence-corrected chi connectivity index (χ2v) is 9.24. The predicted molar refractivity (Wildman–Crippen MR) is 137 cm³/mol. The molecular weight excluding hydrogens is 454 g/mol. The quantitative estimate of drug-likeness (QED) is 0.442. The first kappa shape index (κ1) is 26.3. The van der Waals surface area contributed by atoms with Crippen molar-refractivity contribution in [2.24, 2.45) is 0 Å². The van der Waals surface area contributed by atoms with E-state index < -0.39 is 6.10 Å². The Morgan fingerprint density at radius 3 is 2.59 bits per heavy atom. The Hall–Kier alpha value is -2.32.